The lowest BCUT2D eigenvalue weighted by Crippen LogP contribution is -2.50. The first-order valence-electron chi connectivity index (χ1n) is 18.5. The summed E-state index contributed by atoms with van der Waals surface area (Å²) in [6, 6.07) is 6.74. The molecule has 21 nitrogen and oxygen atoms in total. The largest absolute Gasteiger partial charge is 0.508 e. The van der Waals surface area contributed by atoms with E-state index >= 15 is 0 Å². The Balaban J connectivity index is 1.50. The number of ether oxygens (including phenoxy) is 2. The third-order valence-corrected chi connectivity index (χ3v) is 11.7. The van der Waals surface area contributed by atoms with Crippen molar-refractivity contribution in [2.24, 2.45) is 5.73 Å². The Hall–Kier alpha value is -7.01. The molecule has 22 heteroatoms. The number of thioether (sulfide) groups is 1. The second-order valence-electron chi connectivity index (χ2n) is 14.4. The van der Waals surface area contributed by atoms with Crippen LogP contribution in [0.25, 0.3) is 0 Å². The Morgan fingerprint density at radius 2 is 1.27 bits per heavy atom. The Kier molecular flexibility index (Phi) is 12.9. The number of carbonyl (C=O) groups is 4. The summed E-state index contributed by atoms with van der Waals surface area (Å²) in [5.74, 6) is -12.3. The highest BCUT2D eigenvalue weighted by Crippen LogP contribution is 2.60. The van der Waals surface area contributed by atoms with E-state index in [1.165, 1.54) is 12.1 Å². The average molecular weight is 884 g/mol. The van der Waals surface area contributed by atoms with E-state index in [1.807, 2.05) is 0 Å². The van der Waals surface area contributed by atoms with Crippen molar-refractivity contribution >= 4 is 35.5 Å². The first-order chi connectivity index (χ1) is 29.3. The number of aliphatic hydroxyl groups excluding tert-OH is 2. The number of hydrogen-bond donors (Lipinski definition) is 15. The molecule has 2 aliphatic heterocycles. The third kappa shape index (κ3) is 9.02. The minimum absolute atomic E-state index is 0.00907. The summed E-state index contributed by atoms with van der Waals surface area (Å²) in [6.07, 6.45) is -7.41. The highest BCUT2D eigenvalue weighted by Gasteiger charge is 2.49. The number of carboxylic acid groups (broad SMARTS) is 2. The molecular formula is C40H41N3O18S. The van der Waals surface area contributed by atoms with Crippen molar-refractivity contribution in [1.29, 1.82) is 0 Å². The van der Waals surface area contributed by atoms with Gasteiger partial charge in [-0.05, 0) is 41.8 Å². The first kappa shape index (κ1) is 44.5. The second kappa shape index (κ2) is 17.9. The maximum Gasteiger partial charge on any atom is 0.322 e. The van der Waals surface area contributed by atoms with Crippen LogP contribution in [0, 0.1) is 0 Å². The van der Waals surface area contributed by atoms with Crippen LogP contribution in [0.1, 0.15) is 64.0 Å². The number of benzene rings is 4. The number of amides is 2. The molecule has 62 heavy (non-hydrogen) atoms. The van der Waals surface area contributed by atoms with Crippen LogP contribution in [0.3, 0.4) is 0 Å². The summed E-state index contributed by atoms with van der Waals surface area (Å²) in [4.78, 5) is 48.8. The fraction of sp³-hybridized carbons (Fsp3) is 0.300. The monoisotopic (exact) mass is 883 g/mol. The fourth-order valence-electron chi connectivity index (χ4n) is 7.26. The summed E-state index contributed by atoms with van der Waals surface area (Å²) in [5, 5.41) is 131. The number of nitrogens with two attached hydrogens (primary N) is 1. The van der Waals surface area contributed by atoms with Crippen molar-refractivity contribution in [2.45, 2.75) is 60.5 Å². The molecule has 0 spiro atoms. The SMILES string of the molecule is NC(CCC(=O)NC(CS[C@H]1c2c(O)cc(O)c([C@H]3c4c(O)cc(O)cc4O[C@H](c4ccc(O)c(O)c4)[C@@H]3O)c2O[C@H](c2ccc(O)c(O)c2)[C@@H]1O)C(=O)NCC(=O)O)C(=O)O. The molecule has 4 aromatic rings. The van der Waals surface area contributed by atoms with Crippen molar-refractivity contribution in [3.05, 3.63) is 82.4 Å². The van der Waals surface area contributed by atoms with E-state index in [4.69, 9.17) is 20.3 Å². The summed E-state index contributed by atoms with van der Waals surface area (Å²) in [7, 11) is 0. The first-order valence-corrected chi connectivity index (χ1v) is 19.6. The van der Waals surface area contributed by atoms with Crippen LogP contribution >= 0.6 is 11.8 Å². The lowest BCUT2D eigenvalue weighted by molar-refractivity contribution is -0.139. The zero-order chi connectivity index (χ0) is 45.3. The van der Waals surface area contributed by atoms with Crippen LogP contribution in [0.4, 0.5) is 0 Å². The van der Waals surface area contributed by atoms with E-state index in [9.17, 15) is 75.3 Å². The van der Waals surface area contributed by atoms with Gasteiger partial charge in [0.15, 0.2) is 35.2 Å². The Morgan fingerprint density at radius 3 is 1.85 bits per heavy atom. The zero-order valence-corrected chi connectivity index (χ0v) is 32.8. The van der Waals surface area contributed by atoms with E-state index < -0.39 is 142 Å². The molecule has 0 radical (unpaired) electrons. The third-order valence-electron chi connectivity index (χ3n) is 10.3. The number of fused-ring (bicyclic) bond motifs is 2. The number of rotatable bonds is 14. The van der Waals surface area contributed by atoms with Gasteiger partial charge in [0.2, 0.25) is 11.8 Å². The maximum absolute atomic E-state index is 13.3. The quantitative estimate of drug-likeness (QED) is 0.0788. The Morgan fingerprint density at radius 1 is 0.694 bits per heavy atom. The number of aliphatic carboxylic acids is 2. The van der Waals surface area contributed by atoms with Crippen molar-refractivity contribution in [1.82, 2.24) is 10.6 Å². The van der Waals surface area contributed by atoms with Crippen LogP contribution in [0.2, 0.25) is 0 Å². The smallest absolute Gasteiger partial charge is 0.322 e. The predicted molar refractivity (Wildman–Crippen MR) is 212 cm³/mol. The molecule has 0 saturated heterocycles. The number of phenolic OH excluding ortho intramolecular Hbond substituents is 8. The van der Waals surface area contributed by atoms with Crippen LogP contribution < -0.4 is 25.8 Å². The number of carboxylic acids is 2. The fourth-order valence-corrected chi connectivity index (χ4v) is 8.63. The Labute approximate surface area is 353 Å². The summed E-state index contributed by atoms with van der Waals surface area (Å²) in [6.45, 7) is -0.872. The normalized spacial score (nSPS) is 21.2. The number of nitrogens with one attached hydrogen (secondary N) is 2. The van der Waals surface area contributed by atoms with Gasteiger partial charge < -0.3 is 87.1 Å². The second-order valence-corrected chi connectivity index (χ2v) is 15.6. The van der Waals surface area contributed by atoms with Gasteiger partial charge in [0.05, 0.1) is 16.7 Å². The lowest BCUT2D eigenvalue weighted by Gasteiger charge is -2.42. The van der Waals surface area contributed by atoms with Gasteiger partial charge in [-0.2, -0.15) is 0 Å². The average Bonchev–Trinajstić information content (AvgIpc) is 3.20. The molecule has 0 aromatic heterocycles. The molecule has 8 atom stereocenters. The van der Waals surface area contributed by atoms with E-state index in [2.05, 4.69) is 10.6 Å². The standard InChI is InChI=1S/C40H41N3O18S/c41-17(40(58)59)3-6-27(52)43-18(39(57)42-12-28(53)54)13-62-38-31-25(51)11-24(50)30(37(31)61-36(34(38)56)15-2-5-20(46)22(48)8-15)32-29-23(49)9-16(44)10-26(29)60-35(33(32)55)14-1-4-19(45)21(47)7-14/h1-2,4-5,7-11,17-18,32-36,38,44-51,55-56H,3,6,12-13,41H2,(H,42,57)(H,43,52)(H,53,54)(H,58,59)/t17?,18?,32-,33-,34+,35-,36-,38+/m1/s1. The molecule has 0 saturated carbocycles. The lowest BCUT2D eigenvalue weighted by atomic mass is 9.77. The van der Waals surface area contributed by atoms with E-state index in [0.29, 0.717) is 11.8 Å². The number of hydrogen-bond acceptors (Lipinski definition) is 18. The van der Waals surface area contributed by atoms with E-state index in [0.717, 1.165) is 42.5 Å². The molecule has 16 N–H and O–H groups in total. The maximum atomic E-state index is 13.3. The molecular weight excluding hydrogens is 843 g/mol. The number of phenols is 8. The van der Waals surface area contributed by atoms with Gasteiger partial charge in [-0.25, -0.2) is 0 Å². The van der Waals surface area contributed by atoms with Gasteiger partial charge in [-0.1, -0.05) is 12.1 Å². The topological polar surface area (TPSA) is 380 Å². The van der Waals surface area contributed by atoms with Crippen LogP contribution in [0.5, 0.6) is 57.5 Å². The summed E-state index contributed by atoms with van der Waals surface area (Å²) in [5.41, 5.74) is 4.77. The molecule has 2 unspecified atom stereocenters. The van der Waals surface area contributed by atoms with Gasteiger partial charge in [0.25, 0.3) is 0 Å². The van der Waals surface area contributed by atoms with Crippen molar-refractivity contribution < 1.29 is 89.9 Å². The number of aromatic hydroxyl groups is 8. The van der Waals surface area contributed by atoms with Gasteiger partial charge in [-0.15, -0.1) is 11.8 Å². The molecule has 2 aliphatic rings. The van der Waals surface area contributed by atoms with Gasteiger partial charge in [-0.3, -0.25) is 19.2 Å². The Bertz CT molecular complexity index is 2410. The molecule has 330 valence electrons. The molecule has 0 fully saturated rings. The minimum atomic E-state index is -1.83. The number of carbonyl (C=O) groups excluding carboxylic acids is 2. The molecule has 2 heterocycles. The van der Waals surface area contributed by atoms with Gasteiger partial charge in [0, 0.05) is 41.5 Å². The molecule has 6 rings (SSSR count). The summed E-state index contributed by atoms with van der Waals surface area (Å²) >= 11 is 0.717. The molecule has 0 aliphatic carbocycles. The highest BCUT2D eigenvalue weighted by atomic mass is 32.2. The predicted octanol–water partition coefficient (Wildman–Crippen LogP) is 1.10. The van der Waals surface area contributed by atoms with Crippen molar-refractivity contribution in [3.8, 4) is 57.5 Å². The molecule has 0 bridgehead atoms. The highest BCUT2D eigenvalue weighted by molar-refractivity contribution is 7.99. The van der Waals surface area contributed by atoms with Gasteiger partial charge in [0.1, 0.15) is 65.3 Å². The van der Waals surface area contributed by atoms with Gasteiger partial charge >= 0.3 is 11.9 Å². The molecule has 4 aromatic carbocycles. The van der Waals surface area contributed by atoms with E-state index in [-0.39, 0.29) is 40.0 Å². The summed E-state index contributed by atoms with van der Waals surface area (Å²) < 4.78 is 12.4. The van der Waals surface area contributed by atoms with Crippen molar-refractivity contribution in [3.63, 3.8) is 0 Å². The number of aliphatic hydroxyl groups is 2. The minimum Gasteiger partial charge on any atom is -0.508 e. The van der Waals surface area contributed by atoms with Crippen molar-refractivity contribution in [2.75, 3.05) is 12.3 Å². The van der Waals surface area contributed by atoms with Crippen LogP contribution in [-0.2, 0) is 19.2 Å². The van der Waals surface area contributed by atoms with Crippen LogP contribution in [0.15, 0.2) is 54.6 Å². The van der Waals surface area contributed by atoms with Crippen LogP contribution in [-0.4, -0.2) is 122 Å². The zero-order valence-electron chi connectivity index (χ0n) is 31.9. The van der Waals surface area contributed by atoms with E-state index in [1.54, 1.807) is 0 Å². The molecule has 2 amide bonds.